The average molecular weight is 308 g/mol. The molecular formula is C12H14BrN5. The highest BCUT2D eigenvalue weighted by molar-refractivity contribution is 9.10. The maximum atomic E-state index is 5.89. The van der Waals surface area contributed by atoms with Gasteiger partial charge in [-0.15, -0.1) is 5.10 Å². The number of halogens is 1. The van der Waals surface area contributed by atoms with Crippen LogP contribution in [0, 0.1) is 0 Å². The number of nitrogens with one attached hydrogen (secondary N) is 1. The number of nitrogens with two attached hydrogens (primary N) is 1. The van der Waals surface area contributed by atoms with Crippen molar-refractivity contribution in [1.82, 2.24) is 15.2 Å². The third kappa shape index (κ3) is 2.13. The van der Waals surface area contributed by atoms with E-state index in [1.165, 1.54) is 0 Å². The molecule has 2 aromatic rings. The van der Waals surface area contributed by atoms with E-state index in [2.05, 4.69) is 36.0 Å². The molecule has 0 spiro atoms. The Morgan fingerprint density at radius 1 is 1.39 bits per heavy atom. The van der Waals surface area contributed by atoms with Gasteiger partial charge >= 0.3 is 0 Å². The van der Waals surface area contributed by atoms with Crippen LogP contribution in [0.25, 0.3) is 11.4 Å². The monoisotopic (exact) mass is 307 g/mol. The summed E-state index contributed by atoms with van der Waals surface area (Å²) in [5.74, 6) is 1.51. The van der Waals surface area contributed by atoms with E-state index in [-0.39, 0.29) is 6.04 Å². The number of nitrogens with zero attached hydrogens (tertiary/aromatic N) is 3. The van der Waals surface area contributed by atoms with Gasteiger partial charge in [-0.1, -0.05) is 34.1 Å². The van der Waals surface area contributed by atoms with Gasteiger partial charge in [-0.25, -0.2) is 0 Å². The molecule has 1 aromatic heterocycles. The molecule has 2 heterocycles. The van der Waals surface area contributed by atoms with Gasteiger partial charge in [0, 0.05) is 29.2 Å². The summed E-state index contributed by atoms with van der Waals surface area (Å²) in [4.78, 5) is 6.64. The molecule has 1 aliphatic rings. The van der Waals surface area contributed by atoms with Crippen molar-refractivity contribution in [2.75, 3.05) is 18.0 Å². The largest absolute Gasteiger partial charge is 0.338 e. The number of anilines is 1. The van der Waals surface area contributed by atoms with Gasteiger partial charge in [0.1, 0.15) is 0 Å². The molecule has 1 fully saturated rings. The molecule has 3 N–H and O–H groups in total. The second-order valence-corrected chi connectivity index (χ2v) is 5.31. The van der Waals surface area contributed by atoms with Gasteiger partial charge in [-0.2, -0.15) is 4.98 Å². The van der Waals surface area contributed by atoms with E-state index >= 15 is 0 Å². The molecule has 1 aromatic carbocycles. The van der Waals surface area contributed by atoms with Gasteiger partial charge in [0.05, 0.1) is 0 Å². The third-order valence-corrected chi connectivity index (χ3v) is 3.80. The van der Waals surface area contributed by atoms with Gasteiger partial charge < -0.3 is 10.6 Å². The smallest absolute Gasteiger partial charge is 0.245 e. The Morgan fingerprint density at radius 3 is 2.94 bits per heavy atom. The minimum atomic E-state index is 0.232. The highest BCUT2D eigenvalue weighted by Crippen LogP contribution is 2.26. The zero-order chi connectivity index (χ0) is 12.5. The van der Waals surface area contributed by atoms with E-state index in [0.717, 1.165) is 41.3 Å². The second-order valence-electron chi connectivity index (χ2n) is 4.46. The Bertz CT molecular complexity index is 553. The van der Waals surface area contributed by atoms with Crippen molar-refractivity contribution in [2.45, 2.75) is 12.5 Å². The Kier molecular flexibility index (Phi) is 3.05. The van der Waals surface area contributed by atoms with Crippen LogP contribution in [0.1, 0.15) is 6.42 Å². The first kappa shape index (κ1) is 11.7. The molecule has 6 heteroatoms. The molecule has 0 radical (unpaired) electrons. The molecule has 1 unspecified atom stereocenters. The summed E-state index contributed by atoms with van der Waals surface area (Å²) in [7, 11) is 0. The first-order chi connectivity index (χ1) is 8.74. The molecule has 1 atom stereocenters. The number of hydrogen-bond acceptors (Lipinski definition) is 4. The van der Waals surface area contributed by atoms with Gasteiger partial charge in [-0.05, 0) is 12.5 Å². The minimum Gasteiger partial charge on any atom is -0.338 e. The quantitative estimate of drug-likeness (QED) is 0.887. The lowest BCUT2D eigenvalue weighted by molar-refractivity contribution is 0.750. The highest BCUT2D eigenvalue weighted by Gasteiger charge is 2.22. The number of hydrogen-bond donors (Lipinski definition) is 2. The van der Waals surface area contributed by atoms with Crippen LogP contribution in [0.5, 0.6) is 0 Å². The van der Waals surface area contributed by atoms with Crippen LogP contribution >= 0.6 is 15.9 Å². The fourth-order valence-electron chi connectivity index (χ4n) is 2.14. The van der Waals surface area contributed by atoms with E-state index in [1.807, 2.05) is 24.3 Å². The number of H-pyrrole nitrogens is 1. The van der Waals surface area contributed by atoms with Crippen molar-refractivity contribution in [3.8, 4) is 11.4 Å². The number of aromatic nitrogens is 3. The zero-order valence-electron chi connectivity index (χ0n) is 9.81. The van der Waals surface area contributed by atoms with E-state index in [9.17, 15) is 0 Å². The number of benzene rings is 1. The topological polar surface area (TPSA) is 70.8 Å². The fourth-order valence-corrected chi connectivity index (χ4v) is 2.61. The molecule has 3 rings (SSSR count). The maximum absolute atomic E-state index is 5.89. The van der Waals surface area contributed by atoms with Crippen LogP contribution < -0.4 is 10.6 Å². The Labute approximate surface area is 114 Å². The number of rotatable bonds is 2. The molecule has 5 nitrogen and oxygen atoms in total. The van der Waals surface area contributed by atoms with Gasteiger partial charge in [0.15, 0.2) is 5.82 Å². The SMILES string of the molecule is NC1CCN(c2n[nH]c(-c3ccccc3Br)n2)C1. The summed E-state index contributed by atoms with van der Waals surface area (Å²) >= 11 is 3.51. The summed E-state index contributed by atoms with van der Waals surface area (Å²) in [6.45, 7) is 1.75. The lowest BCUT2D eigenvalue weighted by Gasteiger charge is -2.11. The fraction of sp³-hybridized carbons (Fsp3) is 0.333. The molecule has 0 amide bonds. The molecule has 0 aliphatic carbocycles. The molecule has 0 saturated carbocycles. The average Bonchev–Trinajstić information content (AvgIpc) is 2.98. The Morgan fingerprint density at radius 2 is 2.22 bits per heavy atom. The predicted octanol–water partition coefficient (Wildman–Crippen LogP) is 1.77. The summed E-state index contributed by atoms with van der Waals surface area (Å²) in [5, 5.41) is 7.24. The summed E-state index contributed by atoms with van der Waals surface area (Å²) in [6, 6.07) is 8.18. The lowest BCUT2D eigenvalue weighted by Crippen LogP contribution is -2.26. The maximum Gasteiger partial charge on any atom is 0.245 e. The summed E-state index contributed by atoms with van der Waals surface area (Å²) < 4.78 is 1.01. The first-order valence-electron chi connectivity index (χ1n) is 5.92. The molecule has 94 valence electrons. The molecule has 1 aliphatic heterocycles. The highest BCUT2D eigenvalue weighted by atomic mass is 79.9. The van der Waals surface area contributed by atoms with E-state index in [1.54, 1.807) is 0 Å². The van der Waals surface area contributed by atoms with Crippen molar-refractivity contribution in [3.05, 3.63) is 28.7 Å². The zero-order valence-corrected chi connectivity index (χ0v) is 11.4. The third-order valence-electron chi connectivity index (χ3n) is 3.11. The standard InChI is InChI=1S/C12H14BrN5/c13-10-4-2-1-3-9(10)11-15-12(17-16-11)18-6-5-8(14)7-18/h1-4,8H,5-7,14H2,(H,15,16,17). The molecule has 1 saturated heterocycles. The van der Waals surface area contributed by atoms with E-state index < -0.39 is 0 Å². The van der Waals surface area contributed by atoms with Crippen LogP contribution in [-0.2, 0) is 0 Å². The van der Waals surface area contributed by atoms with Crippen LogP contribution in [-0.4, -0.2) is 34.3 Å². The first-order valence-corrected chi connectivity index (χ1v) is 6.71. The van der Waals surface area contributed by atoms with Crippen LogP contribution in [0.4, 0.5) is 5.95 Å². The van der Waals surface area contributed by atoms with Crippen LogP contribution in [0.3, 0.4) is 0 Å². The van der Waals surface area contributed by atoms with Crippen LogP contribution in [0.2, 0.25) is 0 Å². The van der Waals surface area contributed by atoms with Crippen molar-refractivity contribution >= 4 is 21.9 Å². The van der Waals surface area contributed by atoms with Crippen molar-refractivity contribution in [3.63, 3.8) is 0 Å². The van der Waals surface area contributed by atoms with E-state index in [4.69, 9.17) is 5.73 Å². The summed E-state index contributed by atoms with van der Waals surface area (Å²) in [5.41, 5.74) is 6.90. The van der Waals surface area contributed by atoms with E-state index in [0.29, 0.717) is 0 Å². The lowest BCUT2D eigenvalue weighted by atomic mass is 10.2. The molecular weight excluding hydrogens is 294 g/mol. The Balaban J connectivity index is 1.88. The number of aromatic amines is 1. The minimum absolute atomic E-state index is 0.232. The second kappa shape index (κ2) is 4.70. The predicted molar refractivity (Wildman–Crippen MR) is 74.3 cm³/mol. The van der Waals surface area contributed by atoms with Gasteiger partial charge in [0.2, 0.25) is 5.95 Å². The van der Waals surface area contributed by atoms with Gasteiger partial charge in [-0.3, -0.25) is 5.10 Å². The Hall–Kier alpha value is -1.40. The van der Waals surface area contributed by atoms with Crippen molar-refractivity contribution < 1.29 is 0 Å². The molecule has 18 heavy (non-hydrogen) atoms. The van der Waals surface area contributed by atoms with Gasteiger partial charge in [0.25, 0.3) is 0 Å². The normalized spacial score (nSPS) is 19.4. The van der Waals surface area contributed by atoms with Crippen molar-refractivity contribution in [1.29, 1.82) is 0 Å². The van der Waals surface area contributed by atoms with Crippen molar-refractivity contribution in [2.24, 2.45) is 5.73 Å². The molecule has 0 bridgehead atoms. The summed E-state index contributed by atoms with van der Waals surface area (Å²) in [6.07, 6.45) is 0.999. The van der Waals surface area contributed by atoms with Crippen LogP contribution in [0.15, 0.2) is 28.7 Å².